The fourth-order valence-electron chi connectivity index (χ4n) is 12.1. The lowest BCUT2D eigenvalue weighted by Gasteiger charge is -2.32. The maximum atomic E-state index is 13.6. The van der Waals surface area contributed by atoms with Gasteiger partial charge in [0, 0.05) is 53.8 Å². The molecule has 0 bridgehead atoms. The zero-order valence-electron chi connectivity index (χ0n) is 67.0. The Morgan fingerprint density at radius 2 is 0.732 bits per heavy atom. The molecule has 4 heterocycles. The summed E-state index contributed by atoms with van der Waals surface area (Å²) >= 11 is 0. The quantitative estimate of drug-likeness (QED) is 0.0912. The van der Waals surface area contributed by atoms with Gasteiger partial charge in [-0.05, 0) is 201 Å². The lowest BCUT2D eigenvalue weighted by Crippen LogP contribution is -2.32. The average Bonchev–Trinajstić information content (AvgIpc) is 0.844. The van der Waals surface area contributed by atoms with Crippen LogP contribution in [0.15, 0.2) is 176 Å². The first-order chi connectivity index (χ1) is 58.9. The molecule has 15 nitrogen and oxygen atoms in total. The highest BCUT2D eigenvalue weighted by molar-refractivity contribution is 5.69. The number of piperidine rings is 1. The fraction of sp³-hybridized carbons (Fsp3) is 0.223. The van der Waals surface area contributed by atoms with Crippen molar-refractivity contribution in [3.63, 3.8) is 0 Å². The average molecular weight is 1690 g/mol. The molecule has 0 N–H and O–H groups in total. The van der Waals surface area contributed by atoms with Crippen LogP contribution in [-0.4, -0.2) is 53.3 Å². The lowest BCUT2D eigenvalue weighted by atomic mass is 9.87. The van der Waals surface area contributed by atoms with Crippen molar-refractivity contribution in [1.82, 2.24) is 19.9 Å². The minimum Gasteiger partial charge on any atom is -0.494 e. The number of benzene rings is 9. The molecule has 1 atom stereocenters. The molecule has 29 heteroatoms. The molecule has 3 aliphatic rings. The third-order valence-corrected chi connectivity index (χ3v) is 19.0. The predicted molar refractivity (Wildman–Crippen MR) is 430 cm³/mol. The first-order valence-corrected chi connectivity index (χ1v) is 37.7. The molecule has 626 valence electrons. The van der Waals surface area contributed by atoms with E-state index < -0.39 is 127 Å². The number of hydrogen-bond donors (Lipinski definition) is 0. The van der Waals surface area contributed by atoms with Crippen LogP contribution in [0, 0.1) is 192 Å². The first kappa shape index (κ1) is 94.1. The number of allylic oxidation sites excluding steroid dienone is 4. The highest BCUT2D eigenvalue weighted by atomic mass is 19.2. The molecule has 2 fully saturated rings. The summed E-state index contributed by atoms with van der Waals surface area (Å²) in [4.78, 5) is 17.7. The molecule has 0 spiro atoms. The highest BCUT2D eigenvalue weighted by Crippen LogP contribution is 2.35. The standard InChI is InChI=1S/C17H13F2N.C14H13F2N.C14H9F2N.C13H14F2N2.C12H7F2N3O.C12H7F2N3.C12H11F2NO2/c1-2-3-4-12-5-7-13(8-6-12)14-9-16(18)15(11-20)17(19)10-14;2*1-9-2-4-10(5-3-9)11-6-13(15)12(8-17)14(16)7-11;1-9-2-4-17(5-3-9)10-6-12(14)11(8-16)13(15)7-10;1-18-8-5-16-12(17-6-8)7-2-10(13)9(4-15)11(14)3-7;2*1-7-5-16-12(17-6-7)8-2-10(13)9(4-15)11(14)3-8/h2-3,5-10H,4H2,1H3;4,6-7,9H,2-3,5H2,1H3;2-7H,1H3;6-7,9H,2-5H2,1H3;2-3,5-6H,1H3;2-3,5-6H,1H3;2-3,7,12H,5-6H2,1H3. The van der Waals surface area contributed by atoms with Crippen molar-refractivity contribution in [3.05, 3.63) is 325 Å². The van der Waals surface area contributed by atoms with E-state index in [1.807, 2.05) is 87.2 Å². The highest BCUT2D eigenvalue weighted by Gasteiger charge is 2.26. The van der Waals surface area contributed by atoms with Gasteiger partial charge < -0.3 is 19.1 Å². The normalized spacial score (nSPS) is 14.4. The second kappa shape index (κ2) is 45.1. The Morgan fingerprint density at radius 3 is 1.07 bits per heavy atom. The van der Waals surface area contributed by atoms with Crippen LogP contribution in [0.1, 0.15) is 133 Å². The molecule has 0 saturated carbocycles. The minimum absolute atomic E-state index is 0.151. The van der Waals surface area contributed by atoms with Crippen LogP contribution in [-0.2, 0) is 15.9 Å². The second-order valence-corrected chi connectivity index (χ2v) is 28.2. The van der Waals surface area contributed by atoms with Gasteiger partial charge in [0.05, 0.1) is 32.7 Å². The second-order valence-electron chi connectivity index (χ2n) is 28.2. The molecule has 123 heavy (non-hydrogen) atoms. The Labute approximate surface area is 700 Å². The molecule has 11 aromatic rings. The molecule has 2 aromatic heterocycles. The number of aromatic nitrogens is 4. The minimum atomic E-state index is -0.938. The Kier molecular flexibility index (Phi) is 34.5. The van der Waals surface area contributed by atoms with Crippen molar-refractivity contribution in [2.75, 3.05) is 38.3 Å². The summed E-state index contributed by atoms with van der Waals surface area (Å²) in [5, 5.41) is 60.0. The maximum Gasteiger partial charge on any atom is 0.184 e. The Balaban J connectivity index is 0.000000178. The molecule has 1 unspecified atom stereocenters. The van der Waals surface area contributed by atoms with Gasteiger partial charge in [0.25, 0.3) is 0 Å². The number of ether oxygens (including phenoxy) is 3. The van der Waals surface area contributed by atoms with E-state index in [2.05, 4.69) is 33.8 Å². The number of rotatable bonds is 10. The van der Waals surface area contributed by atoms with Gasteiger partial charge in [-0.25, -0.2) is 81.4 Å². The van der Waals surface area contributed by atoms with Crippen LogP contribution in [0.5, 0.6) is 5.75 Å². The van der Waals surface area contributed by atoms with E-state index >= 15 is 0 Å². The van der Waals surface area contributed by atoms with Gasteiger partial charge in [-0.2, -0.15) is 36.8 Å². The largest absolute Gasteiger partial charge is 0.494 e. The van der Waals surface area contributed by atoms with E-state index in [1.54, 1.807) is 24.5 Å². The van der Waals surface area contributed by atoms with Gasteiger partial charge in [0.1, 0.15) is 163 Å². The number of nitriles is 7. The van der Waals surface area contributed by atoms with Gasteiger partial charge in [-0.15, -0.1) is 0 Å². The van der Waals surface area contributed by atoms with Crippen molar-refractivity contribution < 1.29 is 75.7 Å². The van der Waals surface area contributed by atoms with Gasteiger partial charge in [-0.1, -0.05) is 93.1 Å². The van der Waals surface area contributed by atoms with Crippen LogP contribution < -0.4 is 9.64 Å². The SMILES string of the molecule is CC1CC=C(c2cc(F)c(C#N)c(F)c2)CC1.CC1CCN(c2cc(F)c(C#N)c(F)c2)CC1.CC1COC(c2cc(F)c(C#N)c(F)c2)OC1.CC=CCc1ccc(-c2cc(F)c(C#N)c(F)c2)cc1.COc1cnc(-c2cc(F)c(C#N)c(F)c2)nc1.Cc1ccc(-c2cc(F)c(C#N)c(F)c2)cc1.Cc1cnc(-c2cc(F)c(C#N)c(F)c2)nc1. The van der Waals surface area contributed by atoms with Crippen molar-refractivity contribution in [2.24, 2.45) is 17.8 Å². The molecule has 9 aromatic carbocycles. The molecular formula is C94H74F14N12O3. The van der Waals surface area contributed by atoms with Gasteiger partial charge in [-0.3, -0.25) is 0 Å². The summed E-state index contributed by atoms with van der Waals surface area (Å²) < 4.78 is 204. The molecule has 1 aliphatic carbocycles. The van der Waals surface area contributed by atoms with E-state index in [9.17, 15) is 61.5 Å². The van der Waals surface area contributed by atoms with Crippen LogP contribution >= 0.6 is 0 Å². The van der Waals surface area contributed by atoms with Gasteiger partial charge in [0.15, 0.2) is 23.7 Å². The predicted octanol–water partition coefficient (Wildman–Crippen LogP) is 23.0. The molecule has 0 amide bonds. The van der Waals surface area contributed by atoms with E-state index in [4.69, 9.17) is 51.0 Å². The van der Waals surface area contributed by atoms with E-state index in [0.29, 0.717) is 53.2 Å². The summed E-state index contributed by atoms with van der Waals surface area (Å²) in [6.45, 7) is 14.6. The summed E-state index contributed by atoms with van der Waals surface area (Å²) in [6, 6.07) is 41.2. The summed E-state index contributed by atoms with van der Waals surface area (Å²) in [5.41, 5.74) is 4.15. The summed E-state index contributed by atoms with van der Waals surface area (Å²) in [7, 11) is 1.46. The first-order valence-electron chi connectivity index (χ1n) is 37.7. The van der Waals surface area contributed by atoms with Gasteiger partial charge >= 0.3 is 0 Å². The monoisotopic (exact) mass is 1680 g/mol. The molecule has 2 aliphatic heterocycles. The maximum absolute atomic E-state index is 13.6. The van der Waals surface area contributed by atoms with Crippen molar-refractivity contribution in [1.29, 1.82) is 36.8 Å². The van der Waals surface area contributed by atoms with Crippen molar-refractivity contribution >= 4 is 11.3 Å². The zero-order chi connectivity index (χ0) is 89.7. The number of halogens is 14. The van der Waals surface area contributed by atoms with E-state index in [0.717, 1.165) is 121 Å². The van der Waals surface area contributed by atoms with Crippen LogP contribution in [0.2, 0.25) is 0 Å². The topological polar surface area (TPSA) is 249 Å². The van der Waals surface area contributed by atoms with Crippen molar-refractivity contribution in [2.45, 2.75) is 86.4 Å². The number of aryl methyl sites for hydroxylation is 2. The number of hydrogen-bond acceptors (Lipinski definition) is 15. The van der Waals surface area contributed by atoms with Crippen LogP contribution in [0.3, 0.4) is 0 Å². The molecule has 0 radical (unpaired) electrons. The Bertz CT molecular complexity index is 5610. The molecular weight excluding hydrogens is 1610 g/mol. The third-order valence-electron chi connectivity index (χ3n) is 19.0. The molecule has 2 saturated heterocycles. The molecule has 14 rings (SSSR count). The van der Waals surface area contributed by atoms with E-state index in [1.165, 1.54) is 111 Å². The summed E-state index contributed by atoms with van der Waals surface area (Å²) in [6.07, 6.45) is 16.9. The number of methoxy groups -OCH3 is 1. The third kappa shape index (κ3) is 25.8. The smallest absolute Gasteiger partial charge is 0.184 e. The summed E-state index contributed by atoms with van der Waals surface area (Å²) in [5.74, 6) is -9.55. The zero-order valence-corrected chi connectivity index (χ0v) is 67.0. The lowest BCUT2D eigenvalue weighted by molar-refractivity contribution is -0.202. The van der Waals surface area contributed by atoms with Gasteiger partial charge in [0.2, 0.25) is 0 Å². The van der Waals surface area contributed by atoms with Crippen LogP contribution in [0.4, 0.5) is 67.2 Å². The van der Waals surface area contributed by atoms with Crippen LogP contribution in [0.25, 0.3) is 50.6 Å². The fourth-order valence-corrected chi connectivity index (χ4v) is 12.1. The number of nitrogens with zero attached hydrogens (tertiary/aromatic N) is 12. The van der Waals surface area contributed by atoms with Crippen molar-refractivity contribution in [3.8, 4) is 93.3 Å². The number of anilines is 1. The van der Waals surface area contributed by atoms with E-state index in [-0.39, 0.29) is 34.3 Å². The Morgan fingerprint density at radius 1 is 0.398 bits per heavy atom. The Hall–Kier alpha value is -14.4.